The smallest absolute Gasteiger partial charge is 0.225 e. The molecule has 0 N–H and O–H groups in total. The zero-order chi connectivity index (χ0) is 19.9. The number of aryl methyl sites for hydroxylation is 1. The fourth-order valence-corrected chi connectivity index (χ4v) is 3.64. The van der Waals surface area contributed by atoms with Gasteiger partial charge in [0.1, 0.15) is 5.82 Å². The van der Waals surface area contributed by atoms with Gasteiger partial charge in [0.2, 0.25) is 11.8 Å². The van der Waals surface area contributed by atoms with Crippen molar-refractivity contribution in [1.29, 1.82) is 0 Å². The van der Waals surface area contributed by atoms with Gasteiger partial charge in [0.05, 0.1) is 0 Å². The normalized spacial score (nSPS) is 15.4. The highest BCUT2D eigenvalue weighted by atomic mass is 19.1. The minimum absolute atomic E-state index is 0.0636. The first-order valence-corrected chi connectivity index (χ1v) is 9.88. The molecule has 4 nitrogen and oxygen atoms in total. The molecule has 0 saturated carbocycles. The van der Waals surface area contributed by atoms with Gasteiger partial charge in [-0.05, 0) is 36.1 Å². The molecular formula is C23H27FN2O2. The standard InChI is InChI=1S/C23H27FN2O2/c1-18(16-19-6-3-2-4-7-19)23(28)26-14-12-25(13-15-26)22(27)11-10-20-8-5-9-21(24)17-20/h2-9,17-18H,10-16H2,1H3. The number of benzene rings is 2. The molecule has 0 bridgehead atoms. The van der Waals surface area contributed by atoms with E-state index in [0.29, 0.717) is 39.0 Å². The molecule has 1 aliphatic heterocycles. The van der Waals surface area contributed by atoms with E-state index in [2.05, 4.69) is 0 Å². The first-order chi connectivity index (χ1) is 13.5. The topological polar surface area (TPSA) is 40.6 Å². The molecule has 0 spiro atoms. The Balaban J connectivity index is 1.44. The van der Waals surface area contributed by atoms with E-state index >= 15 is 0 Å². The number of nitrogens with zero attached hydrogens (tertiary/aromatic N) is 2. The first-order valence-electron chi connectivity index (χ1n) is 9.88. The predicted octanol–water partition coefficient (Wildman–Crippen LogP) is 3.31. The first kappa shape index (κ1) is 20.1. The Hall–Kier alpha value is -2.69. The molecule has 1 saturated heterocycles. The maximum absolute atomic E-state index is 13.2. The molecular weight excluding hydrogens is 355 g/mol. The summed E-state index contributed by atoms with van der Waals surface area (Å²) >= 11 is 0. The van der Waals surface area contributed by atoms with Crippen LogP contribution in [0.4, 0.5) is 4.39 Å². The quantitative estimate of drug-likeness (QED) is 0.769. The van der Waals surface area contributed by atoms with E-state index in [4.69, 9.17) is 0 Å². The lowest BCUT2D eigenvalue weighted by molar-refractivity contribution is -0.141. The molecule has 0 aromatic heterocycles. The number of piperazine rings is 1. The molecule has 3 rings (SSSR count). The van der Waals surface area contributed by atoms with Crippen LogP contribution in [0.25, 0.3) is 0 Å². The summed E-state index contributed by atoms with van der Waals surface area (Å²) in [6.45, 7) is 4.23. The summed E-state index contributed by atoms with van der Waals surface area (Å²) in [4.78, 5) is 28.8. The molecule has 1 unspecified atom stereocenters. The zero-order valence-electron chi connectivity index (χ0n) is 16.3. The van der Waals surface area contributed by atoms with E-state index in [-0.39, 0.29) is 23.5 Å². The Morgan fingerprint density at radius 2 is 1.57 bits per heavy atom. The summed E-state index contributed by atoms with van der Waals surface area (Å²) in [6.07, 6.45) is 1.62. The minimum atomic E-state index is -0.276. The lowest BCUT2D eigenvalue weighted by Crippen LogP contribution is -2.52. The molecule has 28 heavy (non-hydrogen) atoms. The zero-order valence-corrected chi connectivity index (χ0v) is 16.3. The Bertz CT molecular complexity index is 801. The third-order valence-corrected chi connectivity index (χ3v) is 5.27. The second kappa shape index (κ2) is 9.49. The average molecular weight is 382 g/mol. The van der Waals surface area contributed by atoms with Crippen LogP contribution < -0.4 is 0 Å². The van der Waals surface area contributed by atoms with Crippen molar-refractivity contribution in [2.75, 3.05) is 26.2 Å². The summed E-state index contributed by atoms with van der Waals surface area (Å²) < 4.78 is 13.2. The van der Waals surface area contributed by atoms with Crippen molar-refractivity contribution in [1.82, 2.24) is 9.80 Å². The van der Waals surface area contributed by atoms with Crippen molar-refractivity contribution in [3.8, 4) is 0 Å². The highest BCUT2D eigenvalue weighted by molar-refractivity contribution is 5.80. The number of carbonyl (C=O) groups is 2. The largest absolute Gasteiger partial charge is 0.339 e. The number of hydrogen-bond acceptors (Lipinski definition) is 2. The van der Waals surface area contributed by atoms with Gasteiger partial charge >= 0.3 is 0 Å². The third-order valence-electron chi connectivity index (χ3n) is 5.27. The van der Waals surface area contributed by atoms with Gasteiger partial charge in [0, 0.05) is 38.5 Å². The Morgan fingerprint density at radius 1 is 0.929 bits per heavy atom. The molecule has 2 aromatic carbocycles. The number of halogens is 1. The van der Waals surface area contributed by atoms with Crippen LogP contribution in [0.15, 0.2) is 54.6 Å². The molecule has 2 aromatic rings. The van der Waals surface area contributed by atoms with Crippen LogP contribution in [-0.4, -0.2) is 47.8 Å². The van der Waals surface area contributed by atoms with Crippen LogP contribution in [-0.2, 0) is 22.4 Å². The highest BCUT2D eigenvalue weighted by Crippen LogP contribution is 2.14. The van der Waals surface area contributed by atoms with Crippen molar-refractivity contribution in [3.05, 3.63) is 71.5 Å². The molecule has 0 aliphatic carbocycles. The van der Waals surface area contributed by atoms with E-state index in [0.717, 1.165) is 17.5 Å². The predicted molar refractivity (Wildman–Crippen MR) is 107 cm³/mol. The minimum Gasteiger partial charge on any atom is -0.339 e. The highest BCUT2D eigenvalue weighted by Gasteiger charge is 2.26. The maximum atomic E-state index is 13.2. The molecule has 148 valence electrons. The lowest BCUT2D eigenvalue weighted by atomic mass is 9.99. The molecule has 2 amide bonds. The van der Waals surface area contributed by atoms with E-state index < -0.39 is 0 Å². The van der Waals surface area contributed by atoms with E-state index in [1.54, 1.807) is 6.07 Å². The molecule has 1 atom stereocenters. The average Bonchev–Trinajstić information content (AvgIpc) is 2.72. The second-order valence-corrected chi connectivity index (χ2v) is 7.43. The summed E-state index contributed by atoms with van der Waals surface area (Å²) in [5.74, 6) is -0.135. The lowest BCUT2D eigenvalue weighted by Gasteiger charge is -2.36. The van der Waals surface area contributed by atoms with Crippen LogP contribution in [0.2, 0.25) is 0 Å². The number of rotatable bonds is 6. The third kappa shape index (κ3) is 5.41. The maximum Gasteiger partial charge on any atom is 0.225 e. The van der Waals surface area contributed by atoms with E-state index in [9.17, 15) is 14.0 Å². The molecule has 5 heteroatoms. The molecule has 1 fully saturated rings. The van der Waals surface area contributed by atoms with Crippen molar-refractivity contribution < 1.29 is 14.0 Å². The summed E-state index contributed by atoms with van der Waals surface area (Å²) in [5.41, 5.74) is 1.99. The van der Waals surface area contributed by atoms with E-state index in [1.807, 2.05) is 53.1 Å². The molecule has 1 aliphatic rings. The van der Waals surface area contributed by atoms with Crippen LogP contribution in [0, 0.1) is 11.7 Å². The van der Waals surface area contributed by atoms with Crippen molar-refractivity contribution in [2.45, 2.75) is 26.2 Å². The van der Waals surface area contributed by atoms with Crippen LogP contribution >= 0.6 is 0 Å². The monoisotopic (exact) mass is 382 g/mol. The SMILES string of the molecule is CC(Cc1ccccc1)C(=O)N1CCN(C(=O)CCc2cccc(F)c2)CC1. The van der Waals surface area contributed by atoms with Gasteiger partial charge in [-0.15, -0.1) is 0 Å². The van der Waals surface area contributed by atoms with Crippen LogP contribution in [0.5, 0.6) is 0 Å². The van der Waals surface area contributed by atoms with E-state index in [1.165, 1.54) is 12.1 Å². The van der Waals surface area contributed by atoms with Crippen molar-refractivity contribution >= 4 is 11.8 Å². The van der Waals surface area contributed by atoms with Gasteiger partial charge in [-0.1, -0.05) is 49.4 Å². The van der Waals surface area contributed by atoms with Gasteiger partial charge in [0.15, 0.2) is 0 Å². The summed E-state index contributed by atoms with van der Waals surface area (Å²) in [5, 5.41) is 0. The molecule has 1 heterocycles. The number of carbonyl (C=O) groups excluding carboxylic acids is 2. The van der Waals surface area contributed by atoms with Gasteiger partial charge in [0.25, 0.3) is 0 Å². The fourth-order valence-electron chi connectivity index (χ4n) is 3.64. The number of hydrogen-bond donors (Lipinski definition) is 0. The van der Waals surface area contributed by atoms with Crippen LogP contribution in [0.3, 0.4) is 0 Å². The fraction of sp³-hybridized carbons (Fsp3) is 0.391. The summed E-state index contributed by atoms with van der Waals surface area (Å²) in [6, 6.07) is 16.4. The van der Waals surface area contributed by atoms with Crippen LogP contribution in [0.1, 0.15) is 24.5 Å². The Kier molecular flexibility index (Phi) is 6.80. The Morgan fingerprint density at radius 3 is 2.25 bits per heavy atom. The van der Waals surface area contributed by atoms with Crippen molar-refractivity contribution in [2.24, 2.45) is 5.92 Å². The molecule has 0 radical (unpaired) electrons. The van der Waals surface area contributed by atoms with Gasteiger partial charge in [-0.25, -0.2) is 4.39 Å². The van der Waals surface area contributed by atoms with Gasteiger partial charge in [-0.3, -0.25) is 9.59 Å². The summed E-state index contributed by atoms with van der Waals surface area (Å²) in [7, 11) is 0. The second-order valence-electron chi connectivity index (χ2n) is 7.43. The Labute approximate surface area is 166 Å². The van der Waals surface area contributed by atoms with Gasteiger partial charge in [-0.2, -0.15) is 0 Å². The van der Waals surface area contributed by atoms with Gasteiger partial charge < -0.3 is 9.80 Å². The van der Waals surface area contributed by atoms with Crippen molar-refractivity contribution in [3.63, 3.8) is 0 Å². The number of amides is 2.